The molecule has 1 aromatic heterocycles. The Morgan fingerprint density at radius 1 is 1.00 bits per heavy atom. The van der Waals surface area contributed by atoms with E-state index in [-0.39, 0.29) is 0 Å². The maximum atomic E-state index is 5.26. The number of aromatic nitrogens is 2. The largest absolute Gasteiger partial charge is 0.496 e. The van der Waals surface area contributed by atoms with Gasteiger partial charge >= 0.3 is 0 Å². The molecule has 0 aliphatic carbocycles. The second-order valence-corrected chi connectivity index (χ2v) is 3.15. The Labute approximate surface area is 93.9 Å². The molecule has 0 saturated carbocycles. The van der Waals surface area contributed by atoms with Crippen molar-refractivity contribution in [3.63, 3.8) is 0 Å². The lowest BCUT2D eigenvalue weighted by Gasteiger charge is -2.07. The Balaban J connectivity index is 2.49. The number of ether oxygens (including phenoxy) is 2. The first-order chi connectivity index (χ1) is 7.85. The first-order valence-corrected chi connectivity index (χ1v) is 4.84. The number of methoxy groups -OCH3 is 2. The quantitative estimate of drug-likeness (QED) is 0.788. The first kappa shape index (κ1) is 10.4. The van der Waals surface area contributed by atoms with E-state index in [1.165, 1.54) is 0 Å². The molecule has 4 heteroatoms. The average Bonchev–Trinajstić information content (AvgIpc) is 2.38. The van der Waals surface area contributed by atoms with Crippen LogP contribution in [-0.4, -0.2) is 24.2 Å². The van der Waals surface area contributed by atoms with Gasteiger partial charge in [-0.1, -0.05) is 12.1 Å². The molecule has 0 bridgehead atoms. The minimum atomic E-state index is 0.489. The van der Waals surface area contributed by atoms with Crippen molar-refractivity contribution in [3.05, 3.63) is 36.7 Å². The van der Waals surface area contributed by atoms with E-state index in [0.717, 1.165) is 17.0 Å². The van der Waals surface area contributed by atoms with Gasteiger partial charge in [0.15, 0.2) is 0 Å². The number of hydrogen-bond donors (Lipinski definition) is 0. The van der Waals surface area contributed by atoms with Crippen molar-refractivity contribution in [3.8, 4) is 22.9 Å². The number of para-hydroxylation sites is 1. The van der Waals surface area contributed by atoms with E-state index < -0.39 is 0 Å². The second kappa shape index (κ2) is 4.61. The van der Waals surface area contributed by atoms with Crippen LogP contribution in [0.5, 0.6) is 11.6 Å². The van der Waals surface area contributed by atoms with E-state index >= 15 is 0 Å². The molecule has 2 rings (SSSR count). The van der Waals surface area contributed by atoms with Crippen LogP contribution >= 0.6 is 0 Å². The second-order valence-electron chi connectivity index (χ2n) is 3.15. The summed E-state index contributed by atoms with van der Waals surface area (Å²) in [5.74, 6) is 1.26. The summed E-state index contributed by atoms with van der Waals surface area (Å²) in [4.78, 5) is 8.37. The van der Waals surface area contributed by atoms with Crippen LogP contribution in [0.4, 0.5) is 0 Å². The van der Waals surface area contributed by atoms with Gasteiger partial charge < -0.3 is 9.47 Å². The van der Waals surface area contributed by atoms with Gasteiger partial charge in [0.25, 0.3) is 0 Å². The Morgan fingerprint density at radius 2 is 1.81 bits per heavy atom. The van der Waals surface area contributed by atoms with Gasteiger partial charge in [0.1, 0.15) is 5.75 Å². The molecule has 0 amide bonds. The van der Waals surface area contributed by atoms with E-state index in [1.54, 1.807) is 26.6 Å². The minimum Gasteiger partial charge on any atom is -0.496 e. The Hall–Kier alpha value is -2.10. The molecule has 4 nitrogen and oxygen atoms in total. The highest BCUT2D eigenvalue weighted by molar-refractivity contribution is 5.66. The summed E-state index contributed by atoms with van der Waals surface area (Å²) in [7, 11) is 3.20. The monoisotopic (exact) mass is 216 g/mol. The van der Waals surface area contributed by atoms with Crippen molar-refractivity contribution < 1.29 is 9.47 Å². The zero-order valence-electron chi connectivity index (χ0n) is 9.18. The predicted octanol–water partition coefficient (Wildman–Crippen LogP) is 2.16. The maximum Gasteiger partial charge on any atom is 0.232 e. The normalized spacial score (nSPS) is 9.88. The molecule has 82 valence electrons. The molecular formula is C12H12N2O2. The summed E-state index contributed by atoms with van der Waals surface area (Å²) in [6.07, 6.45) is 3.25. The fourth-order valence-electron chi connectivity index (χ4n) is 1.43. The van der Waals surface area contributed by atoms with Crippen LogP contribution in [0.3, 0.4) is 0 Å². The standard InChI is InChI=1S/C12H12N2O2/c1-15-11-6-4-3-5-9(11)10-7-13-8-12(14-10)16-2/h3-8H,1-2H3. The summed E-state index contributed by atoms with van der Waals surface area (Å²) in [6.45, 7) is 0. The summed E-state index contributed by atoms with van der Waals surface area (Å²) >= 11 is 0. The van der Waals surface area contributed by atoms with Crippen molar-refractivity contribution in [1.82, 2.24) is 9.97 Å². The van der Waals surface area contributed by atoms with E-state index in [4.69, 9.17) is 9.47 Å². The molecule has 2 aromatic rings. The van der Waals surface area contributed by atoms with E-state index in [9.17, 15) is 0 Å². The van der Waals surface area contributed by atoms with E-state index in [1.807, 2.05) is 24.3 Å². The van der Waals surface area contributed by atoms with Gasteiger partial charge in [-0.25, -0.2) is 4.98 Å². The Morgan fingerprint density at radius 3 is 2.56 bits per heavy atom. The maximum absolute atomic E-state index is 5.26. The molecule has 0 aliphatic heterocycles. The molecule has 0 aliphatic rings. The summed E-state index contributed by atoms with van der Waals surface area (Å²) < 4.78 is 10.3. The third-order valence-electron chi connectivity index (χ3n) is 2.20. The molecule has 1 aromatic carbocycles. The highest BCUT2D eigenvalue weighted by atomic mass is 16.5. The van der Waals surface area contributed by atoms with Crippen molar-refractivity contribution in [2.75, 3.05) is 14.2 Å². The first-order valence-electron chi connectivity index (χ1n) is 4.84. The topological polar surface area (TPSA) is 44.2 Å². The highest BCUT2D eigenvalue weighted by Gasteiger charge is 2.07. The third-order valence-corrected chi connectivity index (χ3v) is 2.20. The van der Waals surface area contributed by atoms with Crippen LogP contribution in [0.15, 0.2) is 36.7 Å². The van der Waals surface area contributed by atoms with Crippen LogP contribution in [-0.2, 0) is 0 Å². The lowest BCUT2D eigenvalue weighted by Crippen LogP contribution is -1.93. The van der Waals surface area contributed by atoms with Crippen LogP contribution in [0.25, 0.3) is 11.3 Å². The van der Waals surface area contributed by atoms with Gasteiger partial charge in [-0.2, -0.15) is 0 Å². The summed E-state index contributed by atoms with van der Waals surface area (Å²) in [5, 5.41) is 0. The molecule has 0 fully saturated rings. The molecule has 16 heavy (non-hydrogen) atoms. The summed E-state index contributed by atoms with van der Waals surface area (Å²) in [6, 6.07) is 7.66. The van der Waals surface area contributed by atoms with Gasteiger partial charge in [-0.3, -0.25) is 4.98 Å². The van der Waals surface area contributed by atoms with Gasteiger partial charge in [-0.15, -0.1) is 0 Å². The smallest absolute Gasteiger partial charge is 0.232 e. The van der Waals surface area contributed by atoms with Crippen LogP contribution in [0.1, 0.15) is 0 Å². The number of rotatable bonds is 3. The zero-order valence-corrected chi connectivity index (χ0v) is 9.18. The number of benzene rings is 1. The van der Waals surface area contributed by atoms with E-state index in [2.05, 4.69) is 9.97 Å². The lowest BCUT2D eigenvalue weighted by molar-refractivity contribution is 0.395. The highest BCUT2D eigenvalue weighted by Crippen LogP contribution is 2.28. The van der Waals surface area contributed by atoms with Crippen molar-refractivity contribution in [2.45, 2.75) is 0 Å². The van der Waals surface area contributed by atoms with Gasteiger partial charge in [0.2, 0.25) is 5.88 Å². The molecule has 0 N–H and O–H groups in total. The third kappa shape index (κ3) is 1.95. The van der Waals surface area contributed by atoms with E-state index in [0.29, 0.717) is 5.88 Å². The molecule has 1 heterocycles. The SMILES string of the molecule is COc1cncc(-c2ccccc2OC)n1. The summed E-state index contributed by atoms with van der Waals surface area (Å²) in [5.41, 5.74) is 1.63. The van der Waals surface area contributed by atoms with Gasteiger partial charge in [0, 0.05) is 5.56 Å². The van der Waals surface area contributed by atoms with Gasteiger partial charge in [0.05, 0.1) is 32.3 Å². The minimum absolute atomic E-state index is 0.489. The number of hydrogen-bond acceptors (Lipinski definition) is 4. The molecule has 0 spiro atoms. The fraction of sp³-hybridized carbons (Fsp3) is 0.167. The fourth-order valence-corrected chi connectivity index (χ4v) is 1.43. The average molecular weight is 216 g/mol. The molecule has 0 radical (unpaired) electrons. The zero-order chi connectivity index (χ0) is 11.4. The lowest BCUT2D eigenvalue weighted by atomic mass is 10.1. The number of nitrogens with zero attached hydrogens (tertiary/aromatic N) is 2. The van der Waals surface area contributed by atoms with Crippen LogP contribution < -0.4 is 9.47 Å². The van der Waals surface area contributed by atoms with Crippen molar-refractivity contribution in [1.29, 1.82) is 0 Å². The van der Waals surface area contributed by atoms with Crippen molar-refractivity contribution >= 4 is 0 Å². The molecular weight excluding hydrogens is 204 g/mol. The molecule has 0 saturated heterocycles. The van der Waals surface area contributed by atoms with Crippen LogP contribution in [0.2, 0.25) is 0 Å². The Kier molecular flexibility index (Phi) is 3.00. The van der Waals surface area contributed by atoms with Crippen molar-refractivity contribution in [2.24, 2.45) is 0 Å². The van der Waals surface area contributed by atoms with Crippen LogP contribution in [0, 0.1) is 0 Å². The van der Waals surface area contributed by atoms with Gasteiger partial charge in [-0.05, 0) is 12.1 Å². The molecule has 0 unspecified atom stereocenters. The predicted molar refractivity (Wildman–Crippen MR) is 60.6 cm³/mol. The Bertz CT molecular complexity index is 486. The molecule has 0 atom stereocenters.